The number of aryl methyl sites for hydroxylation is 2. The molecule has 0 spiro atoms. The summed E-state index contributed by atoms with van der Waals surface area (Å²) in [5.41, 5.74) is 3.60. The Bertz CT molecular complexity index is 778. The molecule has 1 aliphatic rings. The summed E-state index contributed by atoms with van der Waals surface area (Å²) in [5.74, 6) is 0.467. The number of amides is 1. The van der Waals surface area contributed by atoms with Crippen molar-refractivity contribution in [3.8, 4) is 5.75 Å². The first-order valence-corrected chi connectivity index (χ1v) is 9.23. The van der Waals surface area contributed by atoms with Gasteiger partial charge in [0.05, 0.1) is 24.4 Å². The molecule has 1 N–H and O–H groups in total. The number of hydrogen-bond acceptors (Lipinski definition) is 4. The first kappa shape index (κ1) is 18.3. The molecular formula is C20H28N4O2. The molecule has 0 bridgehead atoms. The fourth-order valence-electron chi connectivity index (χ4n) is 3.62. The van der Waals surface area contributed by atoms with Crippen LogP contribution < -0.4 is 15.0 Å². The van der Waals surface area contributed by atoms with E-state index >= 15 is 0 Å². The lowest BCUT2D eigenvalue weighted by atomic mass is 10.1. The normalized spacial score (nSPS) is 15.6. The summed E-state index contributed by atoms with van der Waals surface area (Å²) < 4.78 is 7.20. The highest BCUT2D eigenvalue weighted by Crippen LogP contribution is 2.28. The minimum atomic E-state index is -0.128. The number of carbonyl (C=O) groups excluding carboxylic acids is 1. The van der Waals surface area contributed by atoms with Crippen LogP contribution in [0.25, 0.3) is 0 Å². The number of piperidine rings is 1. The molecule has 0 saturated carbocycles. The number of carbonyl (C=O) groups is 1. The van der Waals surface area contributed by atoms with Gasteiger partial charge in [-0.05, 0) is 51.3 Å². The molecule has 6 nitrogen and oxygen atoms in total. The lowest BCUT2D eigenvalue weighted by molar-refractivity contribution is 0.0937. The summed E-state index contributed by atoms with van der Waals surface area (Å²) in [4.78, 5) is 15.3. The molecule has 1 aromatic heterocycles. The Balaban J connectivity index is 1.81. The Hall–Kier alpha value is -2.50. The third-order valence-electron chi connectivity index (χ3n) is 5.01. The molecule has 2 aromatic rings. The molecule has 6 heteroatoms. The summed E-state index contributed by atoms with van der Waals surface area (Å²) in [5, 5.41) is 7.44. The third kappa shape index (κ3) is 3.84. The number of anilines is 1. The summed E-state index contributed by atoms with van der Waals surface area (Å²) in [6, 6.07) is 5.75. The molecule has 0 aliphatic carbocycles. The highest BCUT2D eigenvalue weighted by Gasteiger charge is 2.20. The van der Waals surface area contributed by atoms with Gasteiger partial charge in [-0.3, -0.25) is 9.48 Å². The van der Waals surface area contributed by atoms with Gasteiger partial charge in [0.25, 0.3) is 5.91 Å². The number of rotatable bonds is 5. The van der Waals surface area contributed by atoms with Crippen LogP contribution in [0, 0.1) is 6.92 Å². The van der Waals surface area contributed by atoms with Gasteiger partial charge in [-0.1, -0.05) is 0 Å². The van der Waals surface area contributed by atoms with Crippen molar-refractivity contribution in [2.24, 2.45) is 7.05 Å². The predicted molar refractivity (Wildman–Crippen MR) is 103 cm³/mol. The number of ether oxygens (including phenoxy) is 1. The van der Waals surface area contributed by atoms with Crippen LogP contribution in [0.2, 0.25) is 0 Å². The van der Waals surface area contributed by atoms with E-state index in [1.165, 1.54) is 19.3 Å². The van der Waals surface area contributed by atoms with Crippen molar-refractivity contribution >= 4 is 11.6 Å². The van der Waals surface area contributed by atoms with Crippen LogP contribution in [0.1, 0.15) is 53.8 Å². The maximum atomic E-state index is 12.9. The molecule has 1 saturated heterocycles. The molecule has 1 fully saturated rings. The van der Waals surface area contributed by atoms with Crippen molar-refractivity contribution in [1.82, 2.24) is 15.1 Å². The highest BCUT2D eigenvalue weighted by atomic mass is 16.5. The maximum Gasteiger partial charge on any atom is 0.255 e. The molecule has 26 heavy (non-hydrogen) atoms. The monoisotopic (exact) mass is 356 g/mol. The molecule has 3 rings (SSSR count). The maximum absolute atomic E-state index is 12.9. The van der Waals surface area contributed by atoms with E-state index in [1.54, 1.807) is 11.8 Å². The van der Waals surface area contributed by atoms with Crippen molar-refractivity contribution in [2.45, 2.75) is 39.2 Å². The zero-order valence-corrected chi connectivity index (χ0v) is 16.1. The van der Waals surface area contributed by atoms with Gasteiger partial charge in [-0.2, -0.15) is 5.10 Å². The largest absolute Gasteiger partial charge is 0.496 e. The second-order valence-corrected chi connectivity index (χ2v) is 6.97. The van der Waals surface area contributed by atoms with E-state index < -0.39 is 0 Å². The van der Waals surface area contributed by atoms with Crippen LogP contribution in [0.5, 0.6) is 5.75 Å². The lowest BCUT2D eigenvalue weighted by Crippen LogP contribution is -2.30. The Labute approximate surface area is 155 Å². The molecule has 1 amide bonds. The van der Waals surface area contributed by atoms with Crippen LogP contribution in [0.15, 0.2) is 24.4 Å². The topological polar surface area (TPSA) is 59.4 Å². The first-order valence-electron chi connectivity index (χ1n) is 9.23. The van der Waals surface area contributed by atoms with E-state index in [-0.39, 0.29) is 11.9 Å². The minimum absolute atomic E-state index is 0.125. The van der Waals surface area contributed by atoms with Crippen LogP contribution >= 0.6 is 0 Å². The predicted octanol–water partition coefficient (Wildman–Crippen LogP) is 3.22. The van der Waals surface area contributed by atoms with Gasteiger partial charge in [0.15, 0.2) is 0 Å². The SMILES string of the molecule is COc1ccc(N2CCCCC2)cc1C(=O)NC(C)c1cn(C)nc1C. The van der Waals surface area contributed by atoms with Crippen LogP contribution in [0.3, 0.4) is 0 Å². The van der Waals surface area contributed by atoms with E-state index in [4.69, 9.17) is 4.74 Å². The molecule has 1 aromatic carbocycles. The van der Waals surface area contributed by atoms with Crippen LogP contribution in [0.4, 0.5) is 5.69 Å². The van der Waals surface area contributed by atoms with Crippen molar-refractivity contribution in [1.29, 1.82) is 0 Å². The van der Waals surface area contributed by atoms with E-state index in [1.807, 2.05) is 45.3 Å². The van der Waals surface area contributed by atoms with Gasteiger partial charge >= 0.3 is 0 Å². The van der Waals surface area contributed by atoms with E-state index in [9.17, 15) is 4.79 Å². The number of benzene rings is 1. The average molecular weight is 356 g/mol. The van der Waals surface area contributed by atoms with Crippen molar-refractivity contribution in [2.75, 3.05) is 25.1 Å². The Morgan fingerprint density at radius 1 is 1.27 bits per heavy atom. The van der Waals surface area contributed by atoms with Gasteiger partial charge < -0.3 is 15.0 Å². The zero-order chi connectivity index (χ0) is 18.7. The van der Waals surface area contributed by atoms with Gasteiger partial charge in [-0.25, -0.2) is 0 Å². The first-order chi connectivity index (χ1) is 12.5. The second-order valence-electron chi connectivity index (χ2n) is 6.97. The van der Waals surface area contributed by atoms with Gasteiger partial charge in [-0.15, -0.1) is 0 Å². The summed E-state index contributed by atoms with van der Waals surface area (Å²) in [7, 11) is 3.48. The van der Waals surface area contributed by atoms with E-state index in [0.29, 0.717) is 11.3 Å². The number of aromatic nitrogens is 2. The van der Waals surface area contributed by atoms with Crippen molar-refractivity contribution in [3.05, 3.63) is 41.2 Å². The number of nitrogens with zero attached hydrogens (tertiary/aromatic N) is 3. The molecule has 0 radical (unpaired) electrons. The van der Waals surface area contributed by atoms with E-state index in [2.05, 4.69) is 15.3 Å². The van der Waals surface area contributed by atoms with Crippen LogP contribution in [-0.4, -0.2) is 35.9 Å². The number of hydrogen-bond donors (Lipinski definition) is 1. The zero-order valence-electron chi connectivity index (χ0n) is 16.1. The fourth-order valence-corrected chi connectivity index (χ4v) is 3.62. The highest BCUT2D eigenvalue weighted by molar-refractivity contribution is 5.98. The van der Waals surface area contributed by atoms with E-state index in [0.717, 1.165) is 30.0 Å². The molecular weight excluding hydrogens is 328 g/mol. The second kappa shape index (κ2) is 7.81. The molecule has 2 heterocycles. The van der Waals surface area contributed by atoms with Gasteiger partial charge in [0.2, 0.25) is 0 Å². The fraction of sp³-hybridized carbons (Fsp3) is 0.500. The molecule has 140 valence electrons. The van der Waals surface area contributed by atoms with Crippen molar-refractivity contribution < 1.29 is 9.53 Å². The Morgan fingerprint density at radius 2 is 2.00 bits per heavy atom. The summed E-state index contributed by atoms with van der Waals surface area (Å²) in [6.07, 6.45) is 5.62. The molecule has 1 unspecified atom stereocenters. The number of methoxy groups -OCH3 is 1. The van der Waals surface area contributed by atoms with Crippen molar-refractivity contribution in [3.63, 3.8) is 0 Å². The molecule has 1 aliphatic heterocycles. The Kier molecular flexibility index (Phi) is 5.49. The summed E-state index contributed by atoms with van der Waals surface area (Å²) >= 11 is 0. The quantitative estimate of drug-likeness (QED) is 0.894. The Morgan fingerprint density at radius 3 is 2.62 bits per heavy atom. The van der Waals surface area contributed by atoms with Crippen LogP contribution in [-0.2, 0) is 7.05 Å². The van der Waals surface area contributed by atoms with Gasteiger partial charge in [0, 0.05) is 37.6 Å². The number of nitrogens with one attached hydrogen (secondary N) is 1. The summed E-state index contributed by atoms with van der Waals surface area (Å²) in [6.45, 7) is 6.01. The van der Waals surface area contributed by atoms with Gasteiger partial charge in [0.1, 0.15) is 5.75 Å². The standard InChI is InChI=1S/C20H28N4O2/c1-14(18-13-23(3)22-15(18)2)21-20(25)17-12-16(8-9-19(17)26-4)24-10-6-5-7-11-24/h8-9,12-14H,5-7,10-11H2,1-4H3,(H,21,25). The lowest BCUT2D eigenvalue weighted by Gasteiger charge is -2.29. The average Bonchev–Trinajstić information content (AvgIpc) is 3.00. The third-order valence-corrected chi connectivity index (χ3v) is 5.01. The smallest absolute Gasteiger partial charge is 0.255 e. The molecule has 1 atom stereocenters. The minimum Gasteiger partial charge on any atom is -0.496 e.